The molecule has 5 amide bonds. The summed E-state index contributed by atoms with van der Waals surface area (Å²) in [6.07, 6.45) is 6.49. The second-order valence-electron chi connectivity index (χ2n) is 17.8. The monoisotopic (exact) mass is 895 g/mol. The zero-order chi connectivity index (χ0) is 47.2. The Hall–Kier alpha value is -6.73. The Morgan fingerprint density at radius 1 is 0.530 bits per heavy atom. The zero-order valence-electron chi connectivity index (χ0n) is 39.0. The van der Waals surface area contributed by atoms with Crippen molar-refractivity contribution >= 4 is 51.3 Å². The van der Waals surface area contributed by atoms with Crippen molar-refractivity contribution in [2.45, 2.75) is 109 Å². The van der Waals surface area contributed by atoms with Crippen LogP contribution in [0.15, 0.2) is 122 Å². The molecular weight excluding hydrogens is 829 g/mol. The van der Waals surface area contributed by atoms with Crippen molar-refractivity contribution < 1.29 is 24.0 Å². The predicted octanol–water partition coefficient (Wildman–Crippen LogP) is 6.14. The van der Waals surface area contributed by atoms with Gasteiger partial charge < -0.3 is 41.5 Å². The summed E-state index contributed by atoms with van der Waals surface area (Å²) in [6, 6.07) is 29.5. The van der Waals surface area contributed by atoms with Gasteiger partial charge in [0, 0.05) is 66.6 Å². The molecule has 0 saturated carbocycles. The van der Waals surface area contributed by atoms with E-state index in [0.29, 0.717) is 12.8 Å². The van der Waals surface area contributed by atoms with Crippen LogP contribution in [-0.4, -0.2) is 94.8 Å². The topological polar surface area (TPSA) is 180 Å². The van der Waals surface area contributed by atoms with Gasteiger partial charge in [-0.15, -0.1) is 0 Å². The number of rotatable bonds is 23. The number of carbonyl (C=O) groups is 5. The highest BCUT2D eigenvalue weighted by molar-refractivity contribution is 5.97. The molecule has 0 fully saturated rings. The summed E-state index contributed by atoms with van der Waals surface area (Å²) in [5.41, 5.74) is 5.10. The van der Waals surface area contributed by atoms with Crippen molar-refractivity contribution in [3.63, 3.8) is 0 Å². The third-order valence-electron chi connectivity index (χ3n) is 12.4. The highest BCUT2D eigenvalue weighted by atomic mass is 16.2. The van der Waals surface area contributed by atoms with Gasteiger partial charge in [0.25, 0.3) is 0 Å². The number of para-hydroxylation sites is 2. The summed E-state index contributed by atoms with van der Waals surface area (Å²) in [6.45, 7) is 8.07. The van der Waals surface area contributed by atoms with E-state index in [9.17, 15) is 24.0 Å². The molecule has 7 N–H and O–H groups in total. The van der Waals surface area contributed by atoms with Crippen molar-refractivity contribution in [1.82, 2.24) is 41.5 Å². The van der Waals surface area contributed by atoms with E-state index >= 15 is 0 Å². The third-order valence-corrected chi connectivity index (χ3v) is 12.4. The summed E-state index contributed by atoms with van der Waals surface area (Å²) in [4.78, 5) is 80.6. The Labute approximate surface area is 388 Å². The lowest BCUT2D eigenvalue weighted by atomic mass is 9.99. The molecular formula is C53H66N8O5. The molecule has 0 aliphatic rings. The second-order valence-corrected chi connectivity index (χ2v) is 17.8. The molecule has 13 nitrogen and oxygen atoms in total. The number of amides is 5. The maximum Gasteiger partial charge on any atom is 0.245 e. The molecule has 4 aromatic carbocycles. The number of nitrogens with one attached hydrogen (secondary N) is 7. The van der Waals surface area contributed by atoms with Crippen LogP contribution in [0, 0.1) is 5.92 Å². The van der Waals surface area contributed by atoms with Crippen LogP contribution in [0.25, 0.3) is 21.8 Å². The first-order chi connectivity index (χ1) is 31.8. The van der Waals surface area contributed by atoms with Gasteiger partial charge in [-0.1, -0.05) is 124 Å². The summed E-state index contributed by atoms with van der Waals surface area (Å²) in [5, 5.41) is 17.0. The Morgan fingerprint density at radius 3 is 1.36 bits per heavy atom. The van der Waals surface area contributed by atoms with Gasteiger partial charge in [-0.2, -0.15) is 0 Å². The largest absolute Gasteiger partial charge is 0.361 e. The Bertz CT molecular complexity index is 2540. The number of H-pyrrole nitrogens is 2. The minimum Gasteiger partial charge on any atom is -0.361 e. The van der Waals surface area contributed by atoms with Crippen molar-refractivity contribution in [3.05, 3.63) is 144 Å². The molecule has 0 spiro atoms. The van der Waals surface area contributed by atoms with Crippen LogP contribution in [0.1, 0.15) is 69.2 Å². The lowest BCUT2D eigenvalue weighted by molar-refractivity contribution is -0.138. The number of hydrogen-bond acceptors (Lipinski definition) is 6. The lowest BCUT2D eigenvalue weighted by Crippen LogP contribution is -2.60. The smallest absolute Gasteiger partial charge is 0.245 e. The number of nitrogens with zero attached hydrogens (tertiary/aromatic N) is 1. The molecule has 13 heteroatoms. The summed E-state index contributed by atoms with van der Waals surface area (Å²) in [7, 11) is 3.47. The molecule has 0 bridgehead atoms. The molecule has 348 valence electrons. The average molecular weight is 895 g/mol. The molecule has 6 rings (SSSR count). The number of benzene rings is 4. The van der Waals surface area contributed by atoms with Crippen LogP contribution < -0.4 is 26.6 Å². The number of likely N-dealkylation sites (N-methyl/N-ethyl adjacent to an activating group) is 2. The number of aromatic nitrogens is 2. The maximum atomic E-state index is 14.9. The maximum absolute atomic E-state index is 14.9. The standard InChI is InChI=1S/C53H66N8O5/c1-7-18-35(4)61(6)53(66)48(27-34(2)3)60-52(65)47(31-39-33-56-43-26-17-15-24-41(39)43)59-50(63)45(29-37-21-12-9-13-22-37)57-51(64)46(30-38-32-55-42-25-16-14-23-40(38)42)58-49(62)44(54-5)28-36-19-10-8-11-20-36/h8-17,19-26,32-35,44-48,54-56H,7,18,27-31H2,1-6H3,(H,57,64)(H,58,62)(H,59,63)(H,60,65)/t35?,44-,45+,46-,47-,48+/m1/s1. The zero-order valence-corrected chi connectivity index (χ0v) is 39.0. The van der Waals surface area contributed by atoms with Gasteiger partial charge in [0.05, 0.1) is 6.04 Å². The van der Waals surface area contributed by atoms with E-state index in [1.165, 1.54) is 0 Å². The van der Waals surface area contributed by atoms with Gasteiger partial charge in [-0.25, -0.2) is 0 Å². The van der Waals surface area contributed by atoms with Crippen LogP contribution in [0.2, 0.25) is 0 Å². The first-order valence-corrected chi connectivity index (χ1v) is 23.2. The summed E-state index contributed by atoms with van der Waals surface area (Å²) in [5.74, 6) is -2.17. The number of carbonyl (C=O) groups excluding carboxylic acids is 5. The minimum atomic E-state index is -1.17. The average Bonchev–Trinajstić information content (AvgIpc) is 3.93. The Balaban J connectivity index is 1.31. The SMILES string of the molecule is CCCC(C)N(C)C(=O)[C@H](CC(C)C)NC(=O)[C@@H](Cc1c[nH]c2ccccc12)NC(=O)[C@H](Cc1ccccc1)NC(=O)[C@@H](Cc1c[nH]c2ccccc12)NC(=O)[C@@H](Cc1ccccc1)NC. The van der Waals surface area contributed by atoms with E-state index in [4.69, 9.17) is 0 Å². The van der Waals surface area contributed by atoms with E-state index in [-0.39, 0.29) is 43.0 Å². The normalized spacial score (nSPS) is 14.2. The summed E-state index contributed by atoms with van der Waals surface area (Å²) < 4.78 is 0. The molecule has 0 saturated heterocycles. The molecule has 0 aliphatic heterocycles. The van der Waals surface area contributed by atoms with Crippen LogP contribution in [0.4, 0.5) is 0 Å². The number of hydrogen-bond donors (Lipinski definition) is 7. The van der Waals surface area contributed by atoms with Gasteiger partial charge in [0.2, 0.25) is 29.5 Å². The van der Waals surface area contributed by atoms with Crippen LogP contribution in [0.5, 0.6) is 0 Å². The Kier molecular flexibility index (Phi) is 17.3. The van der Waals surface area contributed by atoms with Crippen molar-refractivity contribution in [2.75, 3.05) is 14.1 Å². The van der Waals surface area contributed by atoms with E-state index in [0.717, 1.165) is 56.9 Å². The van der Waals surface area contributed by atoms with Gasteiger partial charge in [0.15, 0.2) is 0 Å². The number of fused-ring (bicyclic) bond motifs is 2. The van der Waals surface area contributed by atoms with E-state index in [1.807, 2.05) is 142 Å². The second kappa shape index (κ2) is 23.5. The van der Waals surface area contributed by atoms with Crippen molar-refractivity contribution in [3.8, 4) is 0 Å². The summed E-state index contributed by atoms with van der Waals surface area (Å²) >= 11 is 0. The fourth-order valence-electron chi connectivity index (χ4n) is 8.55. The van der Waals surface area contributed by atoms with E-state index in [1.54, 1.807) is 19.0 Å². The molecule has 0 radical (unpaired) electrons. The quantitative estimate of drug-likeness (QED) is 0.0406. The molecule has 6 atom stereocenters. The minimum absolute atomic E-state index is 0.0318. The molecule has 0 aliphatic carbocycles. The first kappa shape index (κ1) is 48.7. The first-order valence-electron chi connectivity index (χ1n) is 23.2. The molecule has 2 heterocycles. The fraction of sp³-hybridized carbons (Fsp3) is 0.377. The number of aromatic amines is 2. The van der Waals surface area contributed by atoms with Gasteiger partial charge in [0.1, 0.15) is 24.2 Å². The van der Waals surface area contributed by atoms with Crippen LogP contribution in [-0.2, 0) is 49.7 Å². The molecule has 66 heavy (non-hydrogen) atoms. The van der Waals surface area contributed by atoms with Gasteiger partial charge in [-0.3, -0.25) is 24.0 Å². The van der Waals surface area contributed by atoms with Gasteiger partial charge in [-0.05, 0) is 73.5 Å². The molecule has 2 aromatic heterocycles. The van der Waals surface area contributed by atoms with Crippen molar-refractivity contribution in [1.29, 1.82) is 0 Å². The highest BCUT2D eigenvalue weighted by Gasteiger charge is 2.34. The van der Waals surface area contributed by atoms with Crippen LogP contribution >= 0.6 is 0 Å². The van der Waals surface area contributed by atoms with Crippen LogP contribution in [0.3, 0.4) is 0 Å². The third kappa shape index (κ3) is 13.0. The van der Waals surface area contributed by atoms with Crippen molar-refractivity contribution in [2.24, 2.45) is 5.92 Å². The van der Waals surface area contributed by atoms with E-state index in [2.05, 4.69) is 43.5 Å². The molecule has 1 unspecified atom stereocenters. The van der Waals surface area contributed by atoms with Gasteiger partial charge >= 0.3 is 0 Å². The lowest BCUT2D eigenvalue weighted by Gasteiger charge is -2.31. The predicted molar refractivity (Wildman–Crippen MR) is 261 cm³/mol. The molecule has 6 aromatic rings. The Morgan fingerprint density at radius 2 is 0.924 bits per heavy atom. The fourth-order valence-corrected chi connectivity index (χ4v) is 8.55. The highest BCUT2D eigenvalue weighted by Crippen LogP contribution is 2.22. The van der Waals surface area contributed by atoms with E-state index < -0.39 is 47.9 Å².